The molecule has 3 aromatic carbocycles. The fourth-order valence-electron chi connectivity index (χ4n) is 4.13. The third-order valence-electron chi connectivity index (χ3n) is 6.08. The number of carbonyl (C=O) groups is 1. The Bertz CT molecular complexity index is 1630. The van der Waals surface area contributed by atoms with Crippen LogP contribution in [0.25, 0.3) is 16.9 Å². The second-order valence-corrected chi connectivity index (χ2v) is 9.05. The van der Waals surface area contributed by atoms with Crippen molar-refractivity contribution in [1.82, 2.24) is 19.5 Å². The first-order valence-corrected chi connectivity index (χ1v) is 13.2. The second-order valence-electron chi connectivity index (χ2n) is 9.05. The second kappa shape index (κ2) is 13.2. The Morgan fingerprint density at radius 3 is 2.56 bits per heavy atom. The SMILES string of the molecule is CC=CC(=O)Nc1cccc(-n2cnc3c(NCc4ccccc4)nc(Nc4ccc(OCCOC)cc4)nc32)c1. The van der Waals surface area contributed by atoms with Crippen LogP contribution in [0.1, 0.15) is 12.5 Å². The zero-order chi connectivity index (χ0) is 28.4. The number of aromatic nitrogens is 4. The van der Waals surface area contributed by atoms with Gasteiger partial charge in [-0.25, -0.2) is 4.98 Å². The van der Waals surface area contributed by atoms with Gasteiger partial charge in [-0.15, -0.1) is 0 Å². The summed E-state index contributed by atoms with van der Waals surface area (Å²) in [5.74, 6) is 1.54. The highest BCUT2D eigenvalue weighted by Crippen LogP contribution is 2.27. The largest absolute Gasteiger partial charge is 0.491 e. The summed E-state index contributed by atoms with van der Waals surface area (Å²) in [5.41, 5.74) is 4.60. The van der Waals surface area contributed by atoms with Crippen LogP contribution in [0.5, 0.6) is 5.75 Å². The van der Waals surface area contributed by atoms with Crippen LogP contribution in [0.2, 0.25) is 0 Å². The molecule has 2 heterocycles. The van der Waals surface area contributed by atoms with Crippen LogP contribution in [0.4, 0.5) is 23.1 Å². The van der Waals surface area contributed by atoms with Crippen molar-refractivity contribution in [2.45, 2.75) is 13.5 Å². The molecule has 5 rings (SSSR count). The number of methoxy groups -OCH3 is 1. The molecule has 1 amide bonds. The van der Waals surface area contributed by atoms with Crippen molar-refractivity contribution >= 4 is 40.2 Å². The topological polar surface area (TPSA) is 115 Å². The lowest BCUT2D eigenvalue weighted by Crippen LogP contribution is -2.08. The number of benzene rings is 3. The Balaban J connectivity index is 1.47. The third-order valence-corrected chi connectivity index (χ3v) is 6.08. The summed E-state index contributed by atoms with van der Waals surface area (Å²) in [4.78, 5) is 26.3. The van der Waals surface area contributed by atoms with Crippen molar-refractivity contribution < 1.29 is 14.3 Å². The summed E-state index contributed by atoms with van der Waals surface area (Å²) in [6, 6.07) is 25.2. The monoisotopic (exact) mass is 549 g/mol. The van der Waals surface area contributed by atoms with Crippen LogP contribution in [0.3, 0.4) is 0 Å². The molecule has 0 aliphatic heterocycles. The van der Waals surface area contributed by atoms with Gasteiger partial charge in [0.05, 0.1) is 12.3 Å². The molecule has 10 heteroatoms. The van der Waals surface area contributed by atoms with Gasteiger partial charge >= 0.3 is 0 Å². The van der Waals surface area contributed by atoms with Crippen molar-refractivity contribution in [3.63, 3.8) is 0 Å². The standard InChI is InChI=1S/C31H31N7O3/c1-3-8-27(39)34-24-11-7-12-25(19-24)38-21-33-28-29(32-20-22-9-5-4-6-10-22)36-31(37-30(28)38)35-23-13-15-26(16-14-23)41-18-17-40-2/h3-16,19,21H,17-18,20H2,1-2H3,(H,34,39)(H2,32,35,36,37). The van der Waals surface area contributed by atoms with E-state index in [-0.39, 0.29) is 5.91 Å². The molecule has 0 bridgehead atoms. The number of fused-ring (bicyclic) bond motifs is 1. The van der Waals surface area contributed by atoms with Crippen molar-refractivity contribution in [2.75, 3.05) is 36.3 Å². The summed E-state index contributed by atoms with van der Waals surface area (Å²) in [6.45, 7) is 3.36. The van der Waals surface area contributed by atoms with E-state index in [1.807, 2.05) is 83.4 Å². The van der Waals surface area contributed by atoms with Gasteiger partial charge in [-0.1, -0.05) is 42.5 Å². The quantitative estimate of drug-likeness (QED) is 0.134. The van der Waals surface area contributed by atoms with Crippen molar-refractivity contribution in [3.05, 3.63) is 103 Å². The molecule has 0 atom stereocenters. The number of nitrogens with one attached hydrogen (secondary N) is 3. The predicted molar refractivity (Wildman–Crippen MR) is 161 cm³/mol. The molecular formula is C31H31N7O3. The minimum atomic E-state index is -0.198. The molecule has 0 radical (unpaired) electrons. The molecule has 5 aromatic rings. The fourth-order valence-corrected chi connectivity index (χ4v) is 4.13. The highest BCUT2D eigenvalue weighted by Gasteiger charge is 2.15. The molecule has 10 nitrogen and oxygen atoms in total. The number of ether oxygens (including phenoxy) is 2. The summed E-state index contributed by atoms with van der Waals surface area (Å²) in [6.07, 6.45) is 4.88. The van der Waals surface area contributed by atoms with Crippen LogP contribution in [0.15, 0.2) is 97.3 Å². The molecule has 3 N–H and O–H groups in total. The maximum Gasteiger partial charge on any atom is 0.248 e. The lowest BCUT2D eigenvalue weighted by molar-refractivity contribution is -0.111. The molecule has 0 saturated carbocycles. The number of imidazole rings is 1. The van der Waals surface area contributed by atoms with E-state index in [0.29, 0.717) is 48.4 Å². The molecule has 0 saturated heterocycles. The van der Waals surface area contributed by atoms with Crippen molar-refractivity contribution in [1.29, 1.82) is 0 Å². The summed E-state index contributed by atoms with van der Waals surface area (Å²) >= 11 is 0. The maximum atomic E-state index is 12.1. The number of hydrogen-bond acceptors (Lipinski definition) is 8. The minimum absolute atomic E-state index is 0.198. The van der Waals surface area contributed by atoms with E-state index >= 15 is 0 Å². The van der Waals surface area contributed by atoms with Gasteiger partial charge < -0.3 is 25.4 Å². The summed E-state index contributed by atoms with van der Waals surface area (Å²) in [5, 5.41) is 9.60. The van der Waals surface area contributed by atoms with Gasteiger partial charge in [-0.2, -0.15) is 9.97 Å². The lowest BCUT2D eigenvalue weighted by Gasteiger charge is -2.12. The highest BCUT2D eigenvalue weighted by molar-refractivity contribution is 5.99. The molecule has 0 unspecified atom stereocenters. The number of rotatable bonds is 12. The van der Waals surface area contributed by atoms with E-state index in [1.54, 1.807) is 26.4 Å². The third kappa shape index (κ3) is 7.06. The van der Waals surface area contributed by atoms with Gasteiger partial charge in [0.15, 0.2) is 17.0 Å². The molecule has 0 aliphatic carbocycles. The Hall–Kier alpha value is -5.22. The number of nitrogens with zero attached hydrogens (tertiary/aromatic N) is 4. The van der Waals surface area contributed by atoms with E-state index in [2.05, 4.69) is 20.9 Å². The van der Waals surface area contributed by atoms with Gasteiger partial charge in [0.2, 0.25) is 11.9 Å². The summed E-state index contributed by atoms with van der Waals surface area (Å²) < 4.78 is 12.6. The first-order valence-electron chi connectivity index (χ1n) is 13.2. The zero-order valence-corrected chi connectivity index (χ0v) is 22.9. The van der Waals surface area contributed by atoms with Gasteiger partial charge in [-0.05, 0) is 61.0 Å². The molecule has 0 fully saturated rings. The normalized spacial score (nSPS) is 11.1. The summed E-state index contributed by atoms with van der Waals surface area (Å²) in [7, 11) is 1.64. The van der Waals surface area contributed by atoms with Crippen molar-refractivity contribution in [3.8, 4) is 11.4 Å². The smallest absolute Gasteiger partial charge is 0.248 e. The van der Waals surface area contributed by atoms with E-state index in [0.717, 1.165) is 22.7 Å². The number of amides is 1. The average Bonchev–Trinajstić information content (AvgIpc) is 3.42. The highest BCUT2D eigenvalue weighted by atomic mass is 16.5. The number of anilines is 4. The Labute approximate surface area is 238 Å². The maximum absolute atomic E-state index is 12.1. The average molecular weight is 550 g/mol. The molecular weight excluding hydrogens is 518 g/mol. The Morgan fingerprint density at radius 1 is 0.951 bits per heavy atom. The van der Waals surface area contributed by atoms with Gasteiger partial charge in [0.1, 0.15) is 18.7 Å². The van der Waals surface area contributed by atoms with Crippen molar-refractivity contribution in [2.24, 2.45) is 0 Å². The van der Waals surface area contributed by atoms with E-state index in [4.69, 9.17) is 19.4 Å². The van der Waals surface area contributed by atoms with Gasteiger partial charge in [0.25, 0.3) is 0 Å². The predicted octanol–water partition coefficient (Wildman–Crippen LogP) is 5.71. The van der Waals surface area contributed by atoms with Crippen LogP contribution in [0, 0.1) is 0 Å². The zero-order valence-electron chi connectivity index (χ0n) is 22.9. The first-order chi connectivity index (χ1) is 20.1. The molecule has 41 heavy (non-hydrogen) atoms. The van der Waals surface area contributed by atoms with E-state index in [1.165, 1.54) is 6.08 Å². The molecule has 208 valence electrons. The van der Waals surface area contributed by atoms with Crippen LogP contribution in [-0.4, -0.2) is 45.7 Å². The first kappa shape index (κ1) is 27.4. The van der Waals surface area contributed by atoms with Crippen LogP contribution < -0.4 is 20.7 Å². The van der Waals surface area contributed by atoms with E-state index < -0.39 is 0 Å². The number of carbonyl (C=O) groups excluding carboxylic acids is 1. The lowest BCUT2D eigenvalue weighted by atomic mass is 10.2. The number of allylic oxidation sites excluding steroid dienone is 1. The fraction of sp³-hybridized carbons (Fsp3) is 0.161. The molecule has 2 aromatic heterocycles. The van der Waals surface area contributed by atoms with Gasteiger partial charge in [0, 0.05) is 25.0 Å². The van der Waals surface area contributed by atoms with Gasteiger partial charge in [-0.3, -0.25) is 9.36 Å². The molecule has 0 aliphatic rings. The van der Waals surface area contributed by atoms with Crippen LogP contribution >= 0.6 is 0 Å². The Kier molecular flexibility index (Phi) is 8.82. The van der Waals surface area contributed by atoms with E-state index in [9.17, 15) is 4.79 Å². The van der Waals surface area contributed by atoms with Crippen LogP contribution in [-0.2, 0) is 16.1 Å². The molecule has 0 spiro atoms. The number of hydrogen-bond donors (Lipinski definition) is 3. The Morgan fingerprint density at radius 2 is 1.78 bits per heavy atom. The minimum Gasteiger partial charge on any atom is -0.491 e.